The molecule has 1 aromatic carbocycles. The highest BCUT2D eigenvalue weighted by Crippen LogP contribution is 2.29. The molecule has 30 heavy (non-hydrogen) atoms. The average molecular weight is 437 g/mol. The molecule has 0 unspecified atom stereocenters. The summed E-state index contributed by atoms with van der Waals surface area (Å²) in [5.74, 6) is -0.645. The third kappa shape index (κ3) is 5.10. The van der Waals surface area contributed by atoms with Crippen LogP contribution < -0.4 is 10.6 Å². The number of nitrogens with zero attached hydrogens (tertiary/aromatic N) is 2. The highest BCUT2D eigenvalue weighted by Gasteiger charge is 2.35. The van der Waals surface area contributed by atoms with Crippen LogP contribution in [0.25, 0.3) is 0 Å². The minimum absolute atomic E-state index is 0.0889. The number of amides is 3. The summed E-state index contributed by atoms with van der Waals surface area (Å²) in [4.78, 5) is 40.9. The van der Waals surface area contributed by atoms with Crippen LogP contribution in [-0.2, 0) is 14.3 Å². The topological polar surface area (TPSA) is 111 Å². The molecule has 0 aliphatic carbocycles. The molecule has 0 bridgehead atoms. The molecule has 162 valence electrons. The standard InChI is InChI=1S/C20H25ClN4O5/c1-2-30-19(28)17-15(11-24-7-8-25(9-10-26)16(27)12-24)22-20(29)23-18(17)13-3-5-14(21)6-4-13/h3-6,18,26H,2,7-12H2,1H3,(H2,22,23,29)/t18-/m0/s1. The zero-order chi connectivity index (χ0) is 21.7. The predicted octanol–water partition coefficient (Wildman–Crippen LogP) is 0.648. The third-order valence-electron chi connectivity index (χ3n) is 5.00. The minimum Gasteiger partial charge on any atom is -0.463 e. The van der Waals surface area contributed by atoms with E-state index in [1.54, 1.807) is 36.1 Å². The van der Waals surface area contributed by atoms with E-state index in [2.05, 4.69) is 10.6 Å². The first kappa shape index (κ1) is 22.1. The number of rotatable bonds is 7. The van der Waals surface area contributed by atoms with Gasteiger partial charge in [0.2, 0.25) is 5.91 Å². The Bertz CT molecular complexity index is 842. The largest absolute Gasteiger partial charge is 0.463 e. The molecule has 10 heteroatoms. The summed E-state index contributed by atoms with van der Waals surface area (Å²) in [6.07, 6.45) is 0. The Balaban J connectivity index is 1.89. The van der Waals surface area contributed by atoms with Gasteiger partial charge in [-0.25, -0.2) is 9.59 Å². The lowest BCUT2D eigenvalue weighted by molar-refractivity contribution is -0.139. The van der Waals surface area contributed by atoms with Gasteiger partial charge in [0.1, 0.15) is 0 Å². The molecule has 1 saturated heterocycles. The lowest BCUT2D eigenvalue weighted by atomic mass is 9.95. The molecule has 1 aromatic rings. The van der Waals surface area contributed by atoms with Crippen LogP contribution in [-0.4, -0.2) is 78.8 Å². The molecule has 2 aliphatic rings. The summed E-state index contributed by atoms with van der Waals surface area (Å²) in [5, 5.41) is 15.1. The predicted molar refractivity (Wildman–Crippen MR) is 110 cm³/mol. The van der Waals surface area contributed by atoms with Gasteiger partial charge in [-0.05, 0) is 24.6 Å². The first-order valence-corrected chi connectivity index (χ1v) is 10.1. The van der Waals surface area contributed by atoms with Crippen molar-refractivity contribution in [2.75, 3.05) is 45.9 Å². The van der Waals surface area contributed by atoms with Gasteiger partial charge >= 0.3 is 12.0 Å². The van der Waals surface area contributed by atoms with Crippen molar-refractivity contribution in [3.63, 3.8) is 0 Å². The Morgan fingerprint density at radius 2 is 2.00 bits per heavy atom. The number of hydrogen-bond donors (Lipinski definition) is 3. The van der Waals surface area contributed by atoms with Crippen molar-refractivity contribution >= 4 is 29.5 Å². The van der Waals surface area contributed by atoms with Crippen LogP contribution in [0.5, 0.6) is 0 Å². The number of esters is 1. The number of halogens is 1. The van der Waals surface area contributed by atoms with Gasteiger partial charge in [0, 0.05) is 36.9 Å². The van der Waals surface area contributed by atoms with Crippen molar-refractivity contribution in [1.29, 1.82) is 0 Å². The summed E-state index contributed by atoms with van der Waals surface area (Å²) in [5.41, 5.74) is 1.39. The van der Waals surface area contributed by atoms with Gasteiger partial charge in [-0.15, -0.1) is 0 Å². The number of aliphatic hydroxyl groups excluding tert-OH is 1. The number of hydrogen-bond acceptors (Lipinski definition) is 6. The number of urea groups is 1. The second-order valence-corrected chi connectivity index (χ2v) is 7.45. The molecule has 3 N–H and O–H groups in total. The highest BCUT2D eigenvalue weighted by atomic mass is 35.5. The number of ether oxygens (including phenoxy) is 1. The van der Waals surface area contributed by atoms with Crippen molar-refractivity contribution in [3.05, 3.63) is 46.1 Å². The molecule has 2 aliphatic heterocycles. The van der Waals surface area contributed by atoms with E-state index in [1.165, 1.54) is 0 Å². The van der Waals surface area contributed by atoms with Crippen molar-refractivity contribution in [1.82, 2.24) is 20.4 Å². The lowest BCUT2D eigenvalue weighted by Crippen LogP contribution is -2.54. The van der Waals surface area contributed by atoms with Crippen molar-refractivity contribution in [3.8, 4) is 0 Å². The smallest absolute Gasteiger partial charge is 0.338 e. The van der Waals surface area contributed by atoms with Crippen LogP contribution in [0.4, 0.5) is 4.79 Å². The SMILES string of the molecule is CCOC(=O)C1=C(CN2CCN(CCO)C(=O)C2)NC(=O)N[C@H]1c1ccc(Cl)cc1. The van der Waals surface area contributed by atoms with Crippen molar-refractivity contribution in [2.45, 2.75) is 13.0 Å². The quantitative estimate of drug-likeness (QED) is 0.541. The monoisotopic (exact) mass is 436 g/mol. The molecule has 3 amide bonds. The Hall–Kier alpha value is -2.62. The van der Waals surface area contributed by atoms with Crippen LogP contribution in [0.15, 0.2) is 35.5 Å². The summed E-state index contributed by atoms with van der Waals surface area (Å²) in [6.45, 7) is 3.48. The Morgan fingerprint density at radius 3 is 2.63 bits per heavy atom. The zero-order valence-electron chi connectivity index (χ0n) is 16.7. The van der Waals surface area contributed by atoms with E-state index < -0.39 is 18.0 Å². The third-order valence-corrected chi connectivity index (χ3v) is 5.25. The summed E-state index contributed by atoms with van der Waals surface area (Å²) >= 11 is 5.97. The van der Waals surface area contributed by atoms with E-state index >= 15 is 0 Å². The van der Waals surface area contributed by atoms with Gasteiger partial charge in [0.25, 0.3) is 0 Å². The van der Waals surface area contributed by atoms with E-state index in [1.807, 2.05) is 4.90 Å². The number of aliphatic hydroxyl groups is 1. The summed E-state index contributed by atoms with van der Waals surface area (Å²) in [6, 6.07) is 5.72. The van der Waals surface area contributed by atoms with E-state index in [-0.39, 0.29) is 32.2 Å². The van der Waals surface area contributed by atoms with Gasteiger partial charge in [-0.1, -0.05) is 23.7 Å². The summed E-state index contributed by atoms with van der Waals surface area (Å²) in [7, 11) is 0. The fourth-order valence-corrected chi connectivity index (χ4v) is 3.70. The number of carbonyl (C=O) groups is 3. The maximum Gasteiger partial charge on any atom is 0.338 e. The Kier molecular flexibility index (Phi) is 7.30. The number of β-amino-alcohol motifs (C(OH)–C–C–N with tert-alkyl or cyclic N) is 1. The molecule has 0 radical (unpaired) electrons. The molecule has 2 heterocycles. The van der Waals surface area contributed by atoms with Gasteiger partial charge in [0.05, 0.1) is 31.4 Å². The first-order chi connectivity index (χ1) is 14.4. The zero-order valence-corrected chi connectivity index (χ0v) is 17.4. The maximum absolute atomic E-state index is 12.8. The molecule has 0 spiro atoms. The molecular formula is C20H25ClN4O5. The molecule has 0 saturated carbocycles. The van der Waals surface area contributed by atoms with E-state index in [0.717, 1.165) is 0 Å². The number of piperazine rings is 1. The number of nitrogens with one attached hydrogen (secondary N) is 2. The van der Waals surface area contributed by atoms with Crippen LogP contribution in [0.1, 0.15) is 18.5 Å². The van der Waals surface area contributed by atoms with Crippen LogP contribution in [0.3, 0.4) is 0 Å². The molecule has 1 fully saturated rings. The lowest BCUT2D eigenvalue weighted by Gasteiger charge is -2.36. The van der Waals surface area contributed by atoms with Gasteiger partial charge in [-0.3, -0.25) is 9.69 Å². The molecule has 9 nitrogen and oxygen atoms in total. The van der Waals surface area contributed by atoms with Gasteiger partial charge in [-0.2, -0.15) is 0 Å². The van der Waals surface area contributed by atoms with Crippen LogP contribution in [0.2, 0.25) is 5.02 Å². The molecular weight excluding hydrogens is 412 g/mol. The second-order valence-electron chi connectivity index (χ2n) is 7.01. The van der Waals surface area contributed by atoms with E-state index in [9.17, 15) is 14.4 Å². The van der Waals surface area contributed by atoms with Crippen molar-refractivity contribution in [2.24, 2.45) is 0 Å². The summed E-state index contributed by atoms with van der Waals surface area (Å²) < 4.78 is 5.25. The minimum atomic E-state index is -0.698. The number of benzene rings is 1. The molecule has 3 rings (SSSR count). The average Bonchev–Trinajstić information content (AvgIpc) is 2.70. The van der Waals surface area contributed by atoms with E-state index in [0.29, 0.717) is 41.5 Å². The fraction of sp³-hybridized carbons (Fsp3) is 0.450. The molecule has 0 aromatic heterocycles. The Labute approximate surface area is 179 Å². The first-order valence-electron chi connectivity index (χ1n) is 9.77. The van der Waals surface area contributed by atoms with Gasteiger partial charge in [0.15, 0.2) is 0 Å². The van der Waals surface area contributed by atoms with Crippen LogP contribution in [0, 0.1) is 0 Å². The fourth-order valence-electron chi connectivity index (χ4n) is 3.57. The van der Waals surface area contributed by atoms with Gasteiger partial charge < -0.3 is 25.4 Å². The number of carbonyl (C=O) groups excluding carboxylic acids is 3. The normalized spacial score (nSPS) is 20.1. The Morgan fingerprint density at radius 1 is 1.27 bits per heavy atom. The molecule has 1 atom stereocenters. The second kappa shape index (κ2) is 9.92. The van der Waals surface area contributed by atoms with Crippen molar-refractivity contribution < 1.29 is 24.2 Å². The van der Waals surface area contributed by atoms with E-state index in [4.69, 9.17) is 21.4 Å². The maximum atomic E-state index is 12.8. The highest BCUT2D eigenvalue weighted by molar-refractivity contribution is 6.30. The van der Waals surface area contributed by atoms with Crippen LogP contribution >= 0.6 is 11.6 Å².